The Bertz CT molecular complexity index is 606. The fourth-order valence-electron chi connectivity index (χ4n) is 3.44. The molecule has 5 heteroatoms. The van der Waals surface area contributed by atoms with Crippen LogP contribution in [0.5, 0.6) is 0 Å². The van der Waals surface area contributed by atoms with Crippen LogP contribution in [0.3, 0.4) is 0 Å². The van der Waals surface area contributed by atoms with Gasteiger partial charge in [-0.25, -0.2) is 0 Å². The number of rotatable bonds is 7. The molecule has 1 aromatic rings. The van der Waals surface area contributed by atoms with Gasteiger partial charge >= 0.3 is 5.97 Å². The predicted octanol–water partition coefficient (Wildman–Crippen LogP) is 2.33. The van der Waals surface area contributed by atoms with E-state index in [-0.39, 0.29) is 24.5 Å². The van der Waals surface area contributed by atoms with Crippen molar-refractivity contribution < 1.29 is 14.7 Å². The summed E-state index contributed by atoms with van der Waals surface area (Å²) in [5, 5.41) is 12.1. The molecule has 1 amide bonds. The molecule has 0 spiro atoms. The van der Waals surface area contributed by atoms with Gasteiger partial charge in [0.05, 0.1) is 12.0 Å². The van der Waals surface area contributed by atoms with E-state index in [0.717, 1.165) is 24.0 Å². The topological polar surface area (TPSA) is 69.6 Å². The molecule has 0 heterocycles. The Balaban J connectivity index is 1.92. The largest absolute Gasteiger partial charge is 0.480 e. The fourth-order valence-corrected chi connectivity index (χ4v) is 3.44. The average Bonchev–Trinajstić information content (AvgIpc) is 2.48. The molecule has 0 aliphatic heterocycles. The third-order valence-electron chi connectivity index (χ3n) is 5.10. The zero-order chi connectivity index (χ0) is 17.9. The van der Waals surface area contributed by atoms with Gasteiger partial charge in [0, 0.05) is 12.1 Å². The van der Waals surface area contributed by atoms with Crippen molar-refractivity contribution >= 4 is 11.9 Å². The summed E-state index contributed by atoms with van der Waals surface area (Å²) < 4.78 is 0. The maximum absolute atomic E-state index is 12.7. The molecule has 1 aliphatic rings. The van der Waals surface area contributed by atoms with E-state index >= 15 is 0 Å². The second kappa shape index (κ2) is 7.34. The van der Waals surface area contributed by atoms with Crippen molar-refractivity contribution in [1.82, 2.24) is 10.2 Å². The van der Waals surface area contributed by atoms with E-state index in [1.165, 1.54) is 0 Å². The van der Waals surface area contributed by atoms with E-state index in [4.69, 9.17) is 5.11 Å². The molecule has 24 heavy (non-hydrogen) atoms. The molecular formula is C19H28N2O3. The summed E-state index contributed by atoms with van der Waals surface area (Å²) in [6.07, 6.45) is 1.63. The zero-order valence-electron chi connectivity index (χ0n) is 15.0. The van der Waals surface area contributed by atoms with Crippen molar-refractivity contribution in [3.05, 3.63) is 35.4 Å². The Labute approximate surface area is 144 Å². The average molecular weight is 332 g/mol. The number of carbonyl (C=O) groups is 2. The first-order valence-corrected chi connectivity index (χ1v) is 8.58. The normalized spacial score (nSPS) is 20.5. The minimum atomic E-state index is -0.801. The van der Waals surface area contributed by atoms with Gasteiger partial charge in [-0.3, -0.25) is 14.5 Å². The van der Waals surface area contributed by atoms with Crippen LogP contribution >= 0.6 is 0 Å². The third-order valence-corrected chi connectivity index (χ3v) is 5.10. The Morgan fingerprint density at radius 2 is 1.92 bits per heavy atom. The molecule has 1 saturated carbocycles. The first-order chi connectivity index (χ1) is 11.3. The number of nitrogens with zero attached hydrogens (tertiary/aromatic N) is 1. The van der Waals surface area contributed by atoms with Gasteiger partial charge in [0.15, 0.2) is 0 Å². The van der Waals surface area contributed by atoms with Gasteiger partial charge in [-0.15, -0.1) is 0 Å². The molecule has 0 bridgehead atoms. The highest BCUT2D eigenvalue weighted by Gasteiger charge is 2.38. The maximum atomic E-state index is 12.7. The lowest BCUT2D eigenvalue weighted by Crippen LogP contribution is -2.57. The molecule has 0 atom stereocenters. The molecule has 2 rings (SSSR count). The number of hydrogen-bond acceptors (Lipinski definition) is 3. The zero-order valence-corrected chi connectivity index (χ0v) is 15.0. The molecular weight excluding hydrogens is 304 g/mol. The van der Waals surface area contributed by atoms with Crippen molar-refractivity contribution in [3.63, 3.8) is 0 Å². The minimum absolute atomic E-state index is 0.0292. The Hall–Kier alpha value is -1.88. The second-order valence-corrected chi connectivity index (χ2v) is 7.19. The van der Waals surface area contributed by atoms with E-state index in [9.17, 15) is 9.59 Å². The molecule has 0 saturated heterocycles. The Kier molecular flexibility index (Phi) is 5.65. The number of amides is 1. The number of nitrogens with one attached hydrogen (secondary N) is 1. The summed E-state index contributed by atoms with van der Waals surface area (Å²) >= 11 is 0. The van der Waals surface area contributed by atoms with E-state index in [1.807, 2.05) is 56.9 Å². The summed E-state index contributed by atoms with van der Waals surface area (Å²) in [6.45, 7) is 8.67. The number of carboxylic acids is 1. The molecule has 5 nitrogen and oxygen atoms in total. The lowest BCUT2D eigenvalue weighted by Gasteiger charge is -2.43. The van der Waals surface area contributed by atoms with Gasteiger partial charge in [0.25, 0.3) is 0 Å². The SMILES string of the molecule is CCN(CC(=O)O)C1CC(NC(=O)C(C)(C)c2ccccc2C)C1. The van der Waals surface area contributed by atoms with Crippen molar-refractivity contribution in [1.29, 1.82) is 0 Å². The van der Waals surface area contributed by atoms with Crippen LogP contribution in [0.25, 0.3) is 0 Å². The third kappa shape index (κ3) is 3.96. The molecule has 1 aromatic carbocycles. The van der Waals surface area contributed by atoms with Crippen LogP contribution in [0, 0.1) is 6.92 Å². The number of hydrogen-bond donors (Lipinski definition) is 2. The smallest absolute Gasteiger partial charge is 0.317 e. The maximum Gasteiger partial charge on any atom is 0.317 e. The van der Waals surface area contributed by atoms with E-state index in [2.05, 4.69) is 5.32 Å². The fraction of sp³-hybridized carbons (Fsp3) is 0.579. The highest BCUT2D eigenvalue weighted by atomic mass is 16.4. The van der Waals surface area contributed by atoms with Crippen LogP contribution in [0.2, 0.25) is 0 Å². The Morgan fingerprint density at radius 3 is 2.46 bits per heavy atom. The van der Waals surface area contributed by atoms with Gasteiger partial charge in [-0.05, 0) is 51.3 Å². The van der Waals surface area contributed by atoms with Crippen LogP contribution in [0.4, 0.5) is 0 Å². The molecule has 2 N–H and O–H groups in total. The first-order valence-electron chi connectivity index (χ1n) is 8.58. The second-order valence-electron chi connectivity index (χ2n) is 7.19. The number of likely N-dealkylation sites (N-methyl/N-ethyl adjacent to an activating group) is 1. The van der Waals surface area contributed by atoms with Crippen LogP contribution in [0.1, 0.15) is 44.7 Å². The van der Waals surface area contributed by atoms with Crippen LogP contribution in [-0.2, 0) is 15.0 Å². The van der Waals surface area contributed by atoms with Crippen LogP contribution in [-0.4, -0.2) is 47.1 Å². The Morgan fingerprint density at radius 1 is 1.29 bits per heavy atom. The molecule has 0 aromatic heterocycles. The predicted molar refractivity (Wildman–Crippen MR) is 94.0 cm³/mol. The molecule has 0 unspecified atom stereocenters. The summed E-state index contributed by atoms with van der Waals surface area (Å²) in [4.78, 5) is 25.6. The first kappa shape index (κ1) is 18.5. The summed E-state index contributed by atoms with van der Waals surface area (Å²) in [5.74, 6) is -0.772. The van der Waals surface area contributed by atoms with E-state index in [1.54, 1.807) is 0 Å². The molecule has 132 valence electrons. The monoisotopic (exact) mass is 332 g/mol. The van der Waals surface area contributed by atoms with Crippen molar-refractivity contribution in [2.45, 2.75) is 58.0 Å². The lowest BCUT2D eigenvalue weighted by atomic mass is 9.79. The highest BCUT2D eigenvalue weighted by Crippen LogP contribution is 2.30. The number of carbonyl (C=O) groups excluding carboxylic acids is 1. The van der Waals surface area contributed by atoms with Crippen LogP contribution in [0.15, 0.2) is 24.3 Å². The highest BCUT2D eigenvalue weighted by molar-refractivity contribution is 5.88. The summed E-state index contributed by atoms with van der Waals surface area (Å²) in [6, 6.07) is 8.35. The minimum Gasteiger partial charge on any atom is -0.480 e. The van der Waals surface area contributed by atoms with Gasteiger partial charge in [-0.2, -0.15) is 0 Å². The lowest BCUT2D eigenvalue weighted by molar-refractivity contribution is -0.140. The van der Waals surface area contributed by atoms with E-state index < -0.39 is 11.4 Å². The van der Waals surface area contributed by atoms with Crippen LogP contribution < -0.4 is 5.32 Å². The standard InChI is InChI=1S/C19H28N2O3/c1-5-21(12-17(22)23)15-10-14(11-15)20-18(24)19(3,4)16-9-7-6-8-13(16)2/h6-9,14-15H,5,10-12H2,1-4H3,(H,20,24)(H,22,23). The molecule has 0 radical (unpaired) electrons. The quantitative estimate of drug-likeness (QED) is 0.804. The van der Waals surface area contributed by atoms with Crippen molar-refractivity contribution in [3.8, 4) is 0 Å². The number of aliphatic carboxylic acids is 1. The van der Waals surface area contributed by atoms with E-state index in [0.29, 0.717) is 6.54 Å². The number of aryl methyl sites for hydroxylation is 1. The number of benzene rings is 1. The van der Waals surface area contributed by atoms with Crippen molar-refractivity contribution in [2.75, 3.05) is 13.1 Å². The van der Waals surface area contributed by atoms with Gasteiger partial charge < -0.3 is 10.4 Å². The van der Waals surface area contributed by atoms with Gasteiger partial charge in [-0.1, -0.05) is 31.2 Å². The van der Waals surface area contributed by atoms with Gasteiger partial charge in [0.2, 0.25) is 5.91 Å². The van der Waals surface area contributed by atoms with Gasteiger partial charge in [0.1, 0.15) is 0 Å². The van der Waals surface area contributed by atoms with Crippen molar-refractivity contribution in [2.24, 2.45) is 0 Å². The molecule has 1 aliphatic carbocycles. The number of carboxylic acid groups (broad SMARTS) is 1. The summed E-state index contributed by atoms with van der Waals surface area (Å²) in [5.41, 5.74) is 1.57. The summed E-state index contributed by atoms with van der Waals surface area (Å²) in [7, 11) is 0. The molecule has 1 fully saturated rings.